The van der Waals surface area contributed by atoms with Crippen molar-refractivity contribution in [3.63, 3.8) is 0 Å². The number of carbonyl (C=O) groups excluding carboxylic acids is 1. The highest BCUT2D eigenvalue weighted by Gasteiger charge is 2.28. The second-order valence-electron chi connectivity index (χ2n) is 5.46. The molecule has 1 aliphatic rings. The van der Waals surface area contributed by atoms with Crippen LogP contribution in [0.4, 0.5) is 0 Å². The predicted molar refractivity (Wildman–Crippen MR) is 84.8 cm³/mol. The molecule has 1 aliphatic heterocycles. The zero-order valence-corrected chi connectivity index (χ0v) is 12.8. The SMILES string of the molecule is Cn1nc(C(=O)O)c2c1CN(C(=O)/C=C/c1ccccc1)CC2. The number of fused-ring (bicyclic) bond motifs is 1. The fraction of sp³-hybridized carbons (Fsp3) is 0.235. The van der Waals surface area contributed by atoms with Gasteiger partial charge in [-0.2, -0.15) is 5.10 Å². The minimum atomic E-state index is -1.02. The molecule has 0 bridgehead atoms. The van der Waals surface area contributed by atoms with Gasteiger partial charge in [0.1, 0.15) is 0 Å². The summed E-state index contributed by atoms with van der Waals surface area (Å²) in [5.74, 6) is -1.11. The lowest BCUT2D eigenvalue weighted by atomic mass is 10.0. The summed E-state index contributed by atoms with van der Waals surface area (Å²) >= 11 is 0. The molecule has 6 heteroatoms. The first-order valence-electron chi connectivity index (χ1n) is 7.36. The Hall–Kier alpha value is -2.89. The van der Waals surface area contributed by atoms with Crippen molar-refractivity contribution in [3.05, 3.63) is 58.9 Å². The topological polar surface area (TPSA) is 75.4 Å². The number of carboxylic acid groups (broad SMARTS) is 1. The summed E-state index contributed by atoms with van der Waals surface area (Å²) < 4.78 is 1.55. The van der Waals surface area contributed by atoms with Crippen molar-refractivity contribution in [2.75, 3.05) is 6.54 Å². The van der Waals surface area contributed by atoms with Crippen LogP contribution in [0, 0.1) is 0 Å². The molecular formula is C17H17N3O3. The summed E-state index contributed by atoms with van der Waals surface area (Å²) in [5.41, 5.74) is 2.58. The first-order valence-corrected chi connectivity index (χ1v) is 7.36. The molecule has 0 saturated carbocycles. The lowest BCUT2D eigenvalue weighted by Gasteiger charge is -2.26. The second kappa shape index (κ2) is 6.08. The highest BCUT2D eigenvalue weighted by molar-refractivity contribution is 5.92. The molecule has 23 heavy (non-hydrogen) atoms. The number of carbonyl (C=O) groups is 2. The Morgan fingerprint density at radius 3 is 2.70 bits per heavy atom. The van der Waals surface area contributed by atoms with E-state index in [0.29, 0.717) is 19.5 Å². The van der Waals surface area contributed by atoms with Gasteiger partial charge >= 0.3 is 5.97 Å². The third-order valence-corrected chi connectivity index (χ3v) is 3.98. The first-order chi connectivity index (χ1) is 11.1. The number of aryl methyl sites for hydroxylation is 1. The van der Waals surface area contributed by atoms with E-state index in [1.54, 1.807) is 28.8 Å². The second-order valence-corrected chi connectivity index (χ2v) is 5.46. The van der Waals surface area contributed by atoms with Crippen molar-refractivity contribution >= 4 is 18.0 Å². The van der Waals surface area contributed by atoms with Crippen LogP contribution in [0.5, 0.6) is 0 Å². The number of carboxylic acids is 1. The highest BCUT2D eigenvalue weighted by Crippen LogP contribution is 2.22. The fourth-order valence-corrected chi connectivity index (χ4v) is 2.77. The van der Waals surface area contributed by atoms with Crippen LogP contribution < -0.4 is 0 Å². The van der Waals surface area contributed by atoms with Crippen LogP contribution in [-0.2, 0) is 24.8 Å². The molecule has 0 fully saturated rings. The molecule has 2 heterocycles. The van der Waals surface area contributed by atoms with Crippen molar-refractivity contribution in [2.24, 2.45) is 7.05 Å². The molecule has 1 N–H and O–H groups in total. The molecule has 0 aliphatic carbocycles. The standard InChI is InChI=1S/C17H17N3O3/c1-19-14-11-20(10-9-13(14)16(18-19)17(22)23)15(21)8-7-12-5-3-2-4-6-12/h2-8H,9-11H2,1H3,(H,22,23)/b8-7+. The van der Waals surface area contributed by atoms with Crippen LogP contribution in [0.1, 0.15) is 27.3 Å². The summed E-state index contributed by atoms with van der Waals surface area (Å²) in [5, 5.41) is 13.2. The lowest BCUT2D eigenvalue weighted by molar-refractivity contribution is -0.126. The zero-order valence-electron chi connectivity index (χ0n) is 12.8. The van der Waals surface area contributed by atoms with Gasteiger partial charge in [0.15, 0.2) is 5.69 Å². The lowest BCUT2D eigenvalue weighted by Crippen LogP contribution is -2.35. The maximum absolute atomic E-state index is 12.3. The van der Waals surface area contributed by atoms with Crippen molar-refractivity contribution in [2.45, 2.75) is 13.0 Å². The molecule has 0 unspecified atom stereocenters. The van der Waals surface area contributed by atoms with Crippen LogP contribution in [0.15, 0.2) is 36.4 Å². The van der Waals surface area contributed by atoms with Crippen LogP contribution in [0.3, 0.4) is 0 Å². The summed E-state index contributed by atoms with van der Waals surface area (Å²) in [7, 11) is 1.71. The number of hydrogen-bond acceptors (Lipinski definition) is 3. The number of aromatic carboxylic acids is 1. The predicted octanol–water partition coefficient (Wildman–Crippen LogP) is 1.72. The van der Waals surface area contributed by atoms with E-state index in [-0.39, 0.29) is 11.6 Å². The molecule has 6 nitrogen and oxygen atoms in total. The van der Waals surface area contributed by atoms with Crippen molar-refractivity contribution < 1.29 is 14.7 Å². The molecule has 0 atom stereocenters. The summed E-state index contributed by atoms with van der Waals surface area (Å²) in [6, 6.07) is 9.62. The van der Waals surface area contributed by atoms with Gasteiger partial charge in [0.05, 0.1) is 12.2 Å². The summed E-state index contributed by atoms with van der Waals surface area (Å²) in [6.07, 6.45) is 3.84. The van der Waals surface area contributed by atoms with E-state index >= 15 is 0 Å². The van der Waals surface area contributed by atoms with E-state index in [9.17, 15) is 14.7 Å². The third kappa shape index (κ3) is 3.01. The smallest absolute Gasteiger partial charge is 0.356 e. The molecule has 1 amide bonds. The number of nitrogens with zero attached hydrogens (tertiary/aromatic N) is 3. The average molecular weight is 311 g/mol. The molecule has 2 aromatic rings. The molecular weight excluding hydrogens is 294 g/mol. The fourth-order valence-electron chi connectivity index (χ4n) is 2.77. The molecule has 118 valence electrons. The van der Waals surface area contributed by atoms with E-state index < -0.39 is 5.97 Å². The normalized spacial score (nSPS) is 14.0. The van der Waals surface area contributed by atoms with Gasteiger partial charge in [-0.05, 0) is 18.1 Å². The van der Waals surface area contributed by atoms with Crippen molar-refractivity contribution in [3.8, 4) is 0 Å². The Morgan fingerprint density at radius 2 is 2.00 bits per heavy atom. The van der Waals surface area contributed by atoms with Gasteiger partial charge in [-0.1, -0.05) is 30.3 Å². The Labute approximate surface area is 133 Å². The van der Waals surface area contributed by atoms with Gasteiger partial charge in [-0.3, -0.25) is 9.48 Å². The Kier molecular flexibility index (Phi) is 3.97. The van der Waals surface area contributed by atoms with Crippen LogP contribution in [-0.4, -0.2) is 38.2 Å². The molecule has 3 rings (SSSR count). The van der Waals surface area contributed by atoms with Crippen molar-refractivity contribution in [1.82, 2.24) is 14.7 Å². The number of rotatable bonds is 3. The molecule has 0 spiro atoms. The van der Waals surface area contributed by atoms with Crippen LogP contribution in [0.2, 0.25) is 0 Å². The number of hydrogen-bond donors (Lipinski definition) is 1. The minimum absolute atomic E-state index is 0.0856. The largest absolute Gasteiger partial charge is 0.476 e. The molecule has 1 aromatic heterocycles. The van der Waals surface area contributed by atoms with Gasteiger partial charge < -0.3 is 10.0 Å². The number of aromatic nitrogens is 2. The zero-order chi connectivity index (χ0) is 16.4. The molecule has 0 saturated heterocycles. The van der Waals surface area contributed by atoms with Gasteiger partial charge in [0.25, 0.3) is 0 Å². The van der Waals surface area contributed by atoms with E-state index in [4.69, 9.17) is 0 Å². The summed E-state index contributed by atoms with van der Waals surface area (Å²) in [4.78, 5) is 25.2. The van der Waals surface area contributed by atoms with Gasteiger partial charge in [0, 0.05) is 25.2 Å². The maximum Gasteiger partial charge on any atom is 0.356 e. The van der Waals surface area contributed by atoms with E-state index in [1.165, 1.54) is 0 Å². The van der Waals surface area contributed by atoms with E-state index in [1.807, 2.05) is 30.3 Å². The monoisotopic (exact) mass is 311 g/mol. The van der Waals surface area contributed by atoms with Gasteiger partial charge in [0.2, 0.25) is 5.91 Å². The molecule has 1 aromatic carbocycles. The Balaban J connectivity index is 1.76. The number of amides is 1. The van der Waals surface area contributed by atoms with Crippen LogP contribution >= 0.6 is 0 Å². The van der Waals surface area contributed by atoms with Crippen LogP contribution in [0.25, 0.3) is 6.08 Å². The highest BCUT2D eigenvalue weighted by atomic mass is 16.4. The van der Waals surface area contributed by atoms with Gasteiger partial charge in [-0.25, -0.2) is 4.79 Å². The Morgan fingerprint density at radius 1 is 1.26 bits per heavy atom. The first kappa shape index (κ1) is 15.0. The summed E-state index contributed by atoms with van der Waals surface area (Å²) in [6.45, 7) is 0.876. The van der Waals surface area contributed by atoms with E-state index in [2.05, 4.69) is 5.10 Å². The third-order valence-electron chi connectivity index (χ3n) is 3.98. The van der Waals surface area contributed by atoms with Crippen molar-refractivity contribution in [1.29, 1.82) is 0 Å². The van der Waals surface area contributed by atoms with E-state index in [0.717, 1.165) is 16.8 Å². The Bertz CT molecular complexity index is 778. The van der Waals surface area contributed by atoms with Gasteiger partial charge in [-0.15, -0.1) is 0 Å². The maximum atomic E-state index is 12.3. The quantitative estimate of drug-likeness (QED) is 0.876. The average Bonchev–Trinajstić information content (AvgIpc) is 2.90. The number of benzene rings is 1. The minimum Gasteiger partial charge on any atom is -0.476 e. The molecule has 0 radical (unpaired) electrons.